The Labute approximate surface area is 161 Å². The minimum absolute atomic E-state index is 0.0277. The van der Waals surface area contributed by atoms with Crippen LogP contribution >= 0.6 is 12.2 Å². The van der Waals surface area contributed by atoms with Gasteiger partial charge in [0.2, 0.25) is 6.79 Å². The predicted molar refractivity (Wildman–Crippen MR) is 108 cm³/mol. The van der Waals surface area contributed by atoms with Crippen LogP contribution in [0, 0.1) is 6.92 Å². The van der Waals surface area contributed by atoms with Crippen LogP contribution in [0.25, 0.3) is 11.0 Å². The molecule has 0 amide bonds. The van der Waals surface area contributed by atoms with Crippen molar-refractivity contribution in [2.24, 2.45) is 0 Å². The summed E-state index contributed by atoms with van der Waals surface area (Å²) in [5.74, 6) is 1.49. The van der Waals surface area contributed by atoms with E-state index in [-0.39, 0.29) is 18.5 Å². The summed E-state index contributed by atoms with van der Waals surface area (Å²) in [5, 5.41) is 7.73. The number of hydrogen-bond donors (Lipinski definition) is 2. The highest BCUT2D eigenvalue weighted by molar-refractivity contribution is 7.80. The van der Waals surface area contributed by atoms with E-state index in [9.17, 15) is 4.79 Å². The number of fused-ring (bicyclic) bond motifs is 2. The van der Waals surface area contributed by atoms with Crippen LogP contribution in [0.4, 0.5) is 5.69 Å². The number of thiocarbonyl (C=S) groups is 1. The molecule has 4 rings (SSSR count). The second-order valence-electron chi connectivity index (χ2n) is 6.39. The van der Waals surface area contributed by atoms with Crippen LogP contribution in [0.15, 0.2) is 51.7 Å². The molecule has 0 aliphatic carbocycles. The monoisotopic (exact) mass is 382 g/mol. The van der Waals surface area contributed by atoms with Gasteiger partial charge in [0, 0.05) is 23.2 Å². The zero-order valence-electron chi connectivity index (χ0n) is 14.9. The van der Waals surface area contributed by atoms with E-state index in [1.54, 1.807) is 6.07 Å². The van der Waals surface area contributed by atoms with Crippen LogP contribution in [-0.4, -0.2) is 11.9 Å². The highest BCUT2D eigenvalue weighted by Crippen LogP contribution is 2.34. The molecule has 1 atom stereocenters. The highest BCUT2D eigenvalue weighted by atomic mass is 32.1. The Balaban J connectivity index is 1.47. The number of aryl methyl sites for hydroxylation is 1. The lowest BCUT2D eigenvalue weighted by atomic mass is 10.1. The van der Waals surface area contributed by atoms with Gasteiger partial charge in [-0.15, -0.1) is 0 Å². The molecule has 138 valence electrons. The summed E-state index contributed by atoms with van der Waals surface area (Å²) in [6, 6.07) is 12.8. The van der Waals surface area contributed by atoms with E-state index in [4.69, 9.17) is 26.1 Å². The molecular formula is C20H18N2O4S. The van der Waals surface area contributed by atoms with Gasteiger partial charge in [-0.25, -0.2) is 4.79 Å². The quantitative estimate of drug-likeness (QED) is 0.526. The Morgan fingerprint density at radius 2 is 1.93 bits per heavy atom. The zero-order valence-corrected chi connectivity index (χ0v) is 15.7. The molecule has 0 unspecified atom stereocenters. The number of hydrogen-bond acceptors (Lipinski definition) is 5. The smallest absolute Gasteiger partial charge is 0.336 e. The fourth-order valence-corrected chi connectivity index (χ4v) is 3.33. The second kappa shape index (κ2) is 6.92. The van der Waals surface area contributed by atoms with Gasteiger partial charge in [0.15, 0.2) is 16.6 Å². The first-order chi connectivity index (χ1) is 13.0. The van der Waals surface area contributed by atoms with Gasteiger partial charge in [-0.1, -0.05) is 6.07 Å². The topological polar surface area (TPSA) is 72.7 Å². The van der Waals surface area contributed by atoms with Crippen molar-refractivity contribution in [2.45, 2.75) is 19.9 Å². The van der Waals surface area contributed by atoms with Crippen LogP contribution in [0.3, 0.4) is 0 Å². The second-order valence-corrected chi connectivity index (χ2v) is 6.80. The van der Waals surface area contributed by atoms with Crippen molar-refractivity contribution in [3.63, 3.8) is 0 Å². The molecule has 0 fully saturated rings. The number of anilines is 1. The Hall–Kier alpha value is -3.06. The number of nitrogens with one attached hydrogen (secondary N) is 2. The Kier molecular flexibility index (Phi) is 4.45. The van der Waals surface area contributed by atoms with E-state index in [0.717, 1.165) is 33.7 Å². The van der Waals surface area contributed by atoms with Gasteiger partial charge in [0.05, 0.1) is 6.04 Å². The summed E-state index contributed by atoms with van der Waals surface area (Å²) in [5.41, 5.74) is 2.81. The number of rotatable bonds is 3. The van der Waals surface area contributed by atoms with Gasteiger partial charge in [-0.05, 0) is 61.5 Å². The fourth-order valence-electron chi connectivity index (χ4n) is 3.03. The van der Waals surface area contributed by atoms with Gasteiger partial charge >= 0.3 is 5.63 Å². The third kappa shape index (κ3) is 3.59. The molecular weight excluding hydrogens is 364 g/mol. The average Bonchev–Trinajstić information content (AvgIpc) is 3.08. The van der Waals surface area contributed by atoms with E-state index in [1.807, 2.05) is 44.2 Å². The van der Waals surface area contributed by atoms with Crippen molar-refractivity contribution in [1.82, 2.24) is 5.32 Å². The Morgan fingerprint density at radius 3 is 2.78 bits per heavy atom. The van der Waals surface area contributed by atoms with Gasteiger partial charge < -0.3 is 24.5 Å². The molecule has 0 saturated heterocycles. The maximum absolute atomic E-state index is 11.6. The minimum Gasteiger partial charge on any atom is -0.454 e. The van der Waals surface area contributed by atoms with Crippen LogP contribution in [-0.2, 0) is 0 Å². The molecule has 1 aromatic heterocycles. The third-order valence-electron chi connectivity index (χ3n) is 4.45. The van der Waals surface area contributed by atoms with Gasteiger partial charge in [0.1, 0.15) is 5.58 Å². The first-order valence-corrected chi connectivity index (χ1v) is 8.92. The van der Waals surface area contributed by atoms with E-state index < -0.39 is 0 Å². The van der Waals surface area contributed by atoms with Crippen LogP contribution in [0.5, 0.6) is 11.5 Å². The third-order valence-corrected chi connectivity index (χ3v) is 4.67. The predicted octanol–water partition coefficient (Wildman–Crippen LogP) is 3.88. The molecule has 1 aliphatic rings. The molecule has 0 radical (unpaired) electrons. The molecule has 0 saturated carbocycles. The first kappa shape index (κ1) is 17.4. The largest absolute Gasteiger partial charge is 0.454 e. The molecule has 0 spiro atoms. The standard InChI is InChI=1S/C20H18N2O4S/c1-11-7-19(23)26-17-9-14(4-5-15(11)17)22-20(27)21-12(2)13-3-6-16-18(8-13)25-10-24-16/h3-9,12H,10H2,1-2H3,(H2,21,22,27)/t12-/m1/s1. The van der Waals surface area contributed by atoms with Crippen LogP contribution < -0.4 is 25.7 Å². The van der Waals surface area contributed by atoms with Crippen molar-refractivity contribution < 1.29 is 13.9 Å². The summed E-state index contributed by atoms with van der Waals surface area (Å²) < 4.78 is 16.0. The summed E-state index contributed by atoms with van der Waals surface area (Å²) in [6.07, 6.45) is 0. The van der Waals surface area contributed by atoms with Crippen LogP contribution in [0.2, 0.25) is 0 Å². The maximum Gasteiger partial charge on any atom is 0.336 e. The molecule has 6 nitrogen and oxygen atoms in total. The molecule has 7 heteroatoms. The van der Waals surface area contributed by atoms with E-state index in [2.05, 4.69) is 10.6 Å². The fraction of sp³-hybridized carbons (Fsp3) is 0.200. The molecule has 3 aromatic rings. The van der Waals surface area contributed by atoms with E-state index in [1.165, 1.54) is 6.07 Å². The molecule has 2 heterocycles. The van der Waals surface area contributed by atoms with Crippen molar-refractivity contribution in [2.75, 3.05) is 12.1 Å². The zero-order chi connectivity index (χ0) is 19.0. The molecule has 27 heavy (non-hydrogen) atoms. The Morgan fingerprint density at radius 1 is 1.11 bits per heavy atom. The van der Waals surface area contributed by atoms with Gasteiger partial charge in [-0.2, -0.15) is 0 Å². The van der Waals surface area contributed by atoms with Gasteiger partial charge in [-0.3, -0.25) is 0 Å². The average molecular weight is 382 g/mol. The number of benzene rings is 2. The Bertz CT molecular complexity index is 1090. The summed E-state index contributed by atoms with van der Waals surface area (Å²) >= 11 is 5.42. The lowest BCUT2D eigenvalue weighted by Crippen LogP contribution is -2.30. The summed E-state index contributed by atoms with van der Waals surface area (Å²) in [4.78, 5) is 11.6. The summed E-state index contributed by atoms with van der Waals surface area (Å²) in [7, 11) is 0. The van der Waals surface area contributed by atoms with E-state index >= 15 is 0 Å². The van der Waals surface area contributed by atoms with Gasteiger partial charge in [0.25, 0.3) is 0 Å². The SMILES string of the molecule is Cc1cc(=O)oc2cc(NC(=S)N[C@H](C)c3ccc4c(c3)OCO4)ccc12. The number of ether oxygens (including phenoxy) is 2. The van der Waals surface area contributed by atoms with Crippen molar-refractivity contribution in [1.29, 1.82) is 0 Å². The normalized spacial score (nSPS) is 13.4. The lowest BCUT2D eigenvalue weighted by molar-refractivity contribution is 0.174. The molecule has 1 aliphatic heterocycles. The first-order valence-electron chi connectivity index (χ1n) is 8.51. The molecule has 0 bridgehead atoms. The van der Waals surface area contributed by atoms with Crippen molar-refractivity contribution in [3.8, 4) is 11.5 Å². The molecule has 2 aromatic carbocycles. The van der Waals surface area contributed by atoms with Crippen molar-refractivity contribution >= 4 is 34.0 Å². The van der Waals surface area contributed by atoms with Crippen LogP contribution in [0.1, 0.15) is 24.1 Å². The summed E-state index contributed by atoms with van der Waals surface area (Å²) in [6.45, 7) is 4.14. The minimum atomic E-state index is -0.366. The van der Waals surface area contributed by atoms with E-state index in [0.29, 0.717) is 10.7 Å². The molecule has 2 N–H and O–H groups in total. The highest BCUT2D eigenvalue weighted by Gasteiger charge is 2.16. The lowest BCUT2D eigenvalue weighted by Gasteiger charge is -2.18. The maximum atomic E-state index is 11.6. The van der Waals surface area contributed by atoms with Crippen molar-refractivity contribution in [3.05, 3.63) is 64.0 Å².